The van der Waals surface area contributed by atoms with Gasteiger partial charge < -0.3 is 14.8 Å². The largest absolute Gasteiger partial charge is 0.490 e. The van der Waals surface area contributed by atoms with Crippen LogP contribution in [-0.2, 0) is 6.54 Å². The summed E-state index contributed by atoms with van der Waals surface area (Å²) in [6.07, 6.45) is 2.55. The molecule has 0 amide bonds. The molecule has 110 valence electrons. The predicted octanol–water partition coefficient (Wildman–Crippen LogP) is 4.23. The van der Waals surface area contributed by atoms with Gasteiger partial charge in [-0.05, 0) is 53.4 Å². The molecule has 1 saturated carbocycles. The lowest BCUT2D eigenvalue weighted by Crippen LogP contribution is -2.15. The Labute approximate surface area is 133 Å². The molecule has 0 unspecified atom stereocenters. The third-order valence-corrected chi connectivity index (χ3v) is 3.61. The molecule has 0 aliphatic heterocycles. The van der Waals surface area contributed by atoms with E-state index in [-0.39, 0.29) is 6.61 Å². The number of hydrogen-bond donors (Lipinski definition) is 1. The maximum atomic E-state index is 5.75. The predicted molar refractivity (Wildman–Crippen MR) is 85.7 cm³/mol. The topological polar surface area (TPSA) is 30.5 Å². The minimum absolute atomic E-state index is 0.264. The molecule has 1 N–H and O–H groups in total. The second-order valence-electron chi connectivity index (χ2n) is 4.80. The Kier molecular flexibility index (Phi) is 5.75. The molecule has 0 bridgehead atoms. The highest BCUT2D eigenvalue weighted by molar-refractivity contribution is 9.10. The van der Waals surface area contributed by atoms with E-state index in [1.54, 1.807) is 0 Å². The average molecular weight is 361 g/mol. The maximum absolute atomic E-state index is 5.75. The van der Waals surface area contributed by atoms with Gasteiger partial charge >= 0.3 is 0 Å². The van der Waals surface area contributed by atoms with Gasteiger partial charge in [0.05, 0.1) is 11.1 Å². The molecular weight excluding hydrogens is 342 g/mol. The molecule has 1 aliphatic carbocycles. The molecule has 1 aromatic rings. The fourth-order valence-electron chi connectivity index (χ4n) is 1.83. The van der Waals surface area contributed by atoms with Crippen LogP contribution in [0.5, 0.6) is 11.5 Å². The summed E-state index contributed by atoms with van der Waals surface area (Å²) in [7, 11) is 0. The summed E-state index contributed by atoms with van der Waals surface area (Å²) in [5.74, 6) is 1.40. The van der Waals surface area contributed by atoms with E-state index in [0.717, 1.165) is 16.8 Å². The summed E-state index contributed by atoms with van der Waals surface area (Å²) < 4.78 is 12.2. The van der Waals surface area contributed by atoms with Crippen LogP contribution in [0.25, 0.3) is 0 Å². The van der Waals surface area contributed by atoms with Crippen LogP contribution in [0.3, 0.4) is 0 Å². The molecule has 1 fully saturated rings. The van der Waals surface area contributed by atoms with Crippen LogP contribution in [0.15, 0.2) is 28.2 Å². The first kappa shape index (κ1) is 15.7. The smallest absolute Gasteiger partial charge is 0.175 e. The van der Waals surface area contributed by atoms with Gasteiger partial charge in [0.15, 0.2) is 11.5 Å². The van der Waals surface area contributed by atoms with Crippen LogP contribution in [-0.4, -0.2) is 19.3 Å². The van der Waals surface area contributed by atoms with E-state index >= 15 is 0 Å². The molecule has 2 rings (SSSR count). The van der Waals surface area contributed by atoms with Crippen molar-refractivity contribution >= 4 is 27.5 Å². The molecule has 0 atom stereocenters. The summed E-state index contributed by atoms with van der Waals surface area (Å²) in [5.41, 5.74) is 1.17. The zero-order valence-electron chi connectivity index (χ0n) is 11.5. The van der Waals surface area contributed by atoms with Gasteiger partial charge in [0, 0.05) is 17.6 Å². The van der Waals surface area contributed by atoms with Gasteiger partial charge in [-0.25, -0.2) is 0 Å². The van der Waals surface area contributed by atoms with Crippen LogP contribution in [0.2, 0.25) is 0 Å². The van der Waals surface area contributed by atoms with E-state index in [9.17, 15) is 0 Å². The van der Waals surface area contributed by atoms with Gasteiger partial charge in [0.1, 0.15) is 6.61 Å². The van der Waals surface area contributed by atoms with Crippen molar-refractivity contribution in [3.8, 4) is 11.5 Å². The minimum Gasteiger partial charge on any atom is -0.490 e. The van der Waals surface area contributed by atoms with Gasteiger partial charge in [-0.3, -0.25) is 0 Å². The first-order chi connectivity index (χ1) is 9.60. The Bertz CT molecular complexity index is 489. The van der Waals surface area contributed by atoms with Gasteiger partial charge in [-0.15, -0.1) is 0 Å². The maximum Gasteiger partial charge on any atom is 0.175 e. The van der Waals surface area contributed by atoms with Crippen molar-refractivity contribution in [1.82, 2.24) is 5.32 Å². The lowest BCUT2D eigenvalue weighted by molar-refractivity contribution is 0.294. The fraction of sp³-hybridized carbons (Fsp3) is 0.467. The fourth-order valence-corrected chi connectivity index (χ4v) is 2.49. The average Bonchev–Trinajstić information content (AvgIpc) is 3.19. The zero-order valence-corrected chi connectivity index (χ0v) is 13.9. The van der Waals surface area contributed by atoms with E-state index in [2.05, 4.69) is 27.8 Å². The van der Waals surface area contributed by atoms with Crippen LogP contribution >= 0.6 is 27.5 Å². The molecule has 0 radical (unpaired) electrons. The third kappa shape index (κ3) is 4.69. The molecule has 20 heavy (non-hydrogen) atoms. The second-order valence-corrected chi connectivity index (χ2v) is 6.19. The summed E-state index contributed by atoms with van der Waals surface area (Å²) >= 11 is 9.28. The van der Waals surface area contributed by atoms with Crippen molar-refractivity contribution in [3.63, 3.8) is 0 Å². The highest BCUT2D eigenvalue weighted by atomic mass is 79.9. The number of benzene rings is 1. The molecule has 0 spiro atoms. The van der Waals surface area contributed by atoms with Crippen LogP contribution in [0.4, 0.5) is 0 Å². The van der Waals surface area contributed by atoms with Gasteiger partial charge in [0.2, 0.25) is 0 Å². The molecule has 1 aliphatic rings. The Morgan fingerprint density at radius 3 is 2.80 bits per heavy atom. The highest BCUT2D eigenvalue weighted by Crippen LogP contribution is 2.37. The Morgan fingerprint density at radius 2 is 2.20 bits per heavy atom. The van der Waals surface area contributed by atoms with E-state index in [1.165, 1.54) is 18.4 Å². The number of ether oxygens (including phenoxy) is 2. The number of halogens is 2. The summed E-state index contributed by atoms with van der Waals surface area (Å²) in [4.78, 5) is 0. The Morgan fingerprint density at radius 1 is 1.45 bits per heavy atom. The molecule has 3 nitrogen and oxygen atoms in total. The van der Waals surface area contributed by atoms with Crippen LogP contribution in [0, 0.1) is 0 Å². The summed E-state index contributed by atoms with van der Waals surface area (Å²) in [6.45, 7) is 7.27. The number of nitrogens with one attached hydrogen (secondary N) is 1. The Balaban J connectivity index is 2.13. The SMILES string of the molecule is C=C(Cl)COc1c(Br)cc(CNC2CC2)cc1OCC. The number of hydrogen-bond acceptors (Lipinski definition) is 3. The minimum atomic E-state index is 0.264. The Hall–Kier alpha value is -0.710. The van der Waals surface area contributed by atoms with Crippen molar-refractivity contribution in [3.05, 3.63) is 33.8 Å². The van der Waals surface area contributed by atoms with Crippen molar-refractivity contribution < 1.29 is 9.47 Å². The lowest BCUT2D eigenvalue weighted by atomic mass is 10.2. The molecule has 0 heterocycles. The molecule has 0 aromatic heterocycles. The van der Waals surface area contributed by atoms with Crippen molar-refractivity contribution in [1.29, 1.82) is 0 Å². The van der Waals surface area contributed by atoms with Gasteiger partial charge in [-0.1, -0.05) is 18.2 Å². The lowest BCUT2D eigenvalue weighted by Gasteiger charge is -2.15. The van der Waals surface area contributed by atoms with E-state index < -0.39 is 0 Å². The summed E-state index contributed by atoms with van der Waals surface area (Å²) in [5, 5.41) is 3.94. The first-order valence-corrected chi connectivity index (χ1v) is 7.92. The molecule has 0 saturated heterocycles. The van der Waals surface area contributed by atoms with Crippen molar-refractivity contribution in [2.45, 2.75) is 32.4 Å². The first-order valence-electron chi connectivity index (χ1n) is 6.74. The zero-order chi connectivity index (χ0) is 14.5. The molecule has 1 aromatic carbocycles. The van der Waals surface area contributed by atoms with Crippen LogP contribution < -0.4 is 14.8 Å². The van der Waals surface area contributed by atoms with Gasteiger partial charge in [0.25, 0.3) is 0 Å². The van der Waals surface area contributed by atoms with E-state index in [1.807, 2.05) is 19.1 Å². The normalized spacial score (nSPS) is 14.2. The van der Waals surface area contributed by atoms with E-state index in [4.69, 9.17) is 21.1 Å². The molecule has 5 heteroatoms. The number of rotatable bonds is 8. The molecular formula is C15H19BrClNO2. The third-order valence-electron chi connectivity index (χ3n) is 2.91. The second kappa shape index (κ2) is 7.34. The standard InChI is InChI=1S/C15H19BrClNO2/c1-3-19-14-7-11(8-18-12-4-5-12)6-13(16)15(14)20-9-10(2)17/h6-7,12,18H,2-5,8-9H2,1H3. The van der Waals surface area contributed by atoms with E-state index in [0.29, 0.717) is 23.4 Å². The van der Waals surface area contributed by atoms with Gasteiger partial charge in [-0.2, -0.15) is 0 Å². The van der Waals surface area contributed by atoms with Crippen molar-refractivity contribution in [2.75, 3.05) is 13.2 Å². The highest BCUT2D eigenvalue weighted by Gasteiger charge is 2.20. The van der Waals surface area contributed by atoms with Crippen LogP contribution in [0.1, 0.15) is 25.3 Å². The summed E-state index contributed by atoms with van der Waals surface area (Å²) in [6, 6.07) is 4.74. The van der Waals surface area contributed by atoms with Crippen molar-refractivity contribution in [2.24, 2.45) is 0 Å². The quantitative estimate of drug-likeness (QED) is 0.752. The monoisotopic (exact) mass is 359 g/mol.